The normalized spacial score (nSPS) is 11.1. The Labute approximate surface area is 164 Å². The number of aromatic nitrogens is 5. The monoisotopic (exact) mass is 406 g/mol. The second-order valence-electron chi connectivity index (χ2n) is 6.25. The van der Waals surface area contributed by atoms with E-state index in [9.17, 15) is 9.18 Å². The minimum Gasteiger partial charge on any atom is -0.274 e. The Morgan fingerprint density at radius 2 is 2.15 bits per heavy atom. The maximum Gasteiger partial charge on any atom is 0.230 e. The van der Waals surface area contributed by atoms with Gasteiger partial charge in [-0.15, -0.1) is 16.4 Å². The van der Waals surface area contributed by atoms with Crippen molar-refractivity contribution in [2.24, 2.45) is 5.92 Å². The summed E-state index contributed by atoms with van der Waals surface area (Å²) in [5, 5.41) is 14.8. The lowest BCUT2D eigenvalue weighted by atomic mass is 10.2. The second-order valence-corrected chi connectivity index (χ2v) is 8.03. The van der Waals surface area contributed by atoms with E-state index in [1.807, 2.05) is 5.38 Å². The zero-order valence-corrected chi connectivity index (χ0v) is 16.8. The average Bonchev–Trinajstić information content (AvgIpc) is 3.24. The molecule has 7 nitrogen and oxygen atoms in total. The lowest BCUT2D eigenvalue weighted by molar-refractivity contribution is -0.115. The van der Waals surface area contributed by atoms with Gasteiger partial charge in [0.1, 0.15) is 5.82 Å². The number of tetrazole rings is 1. The summed E-state index contributed by atoms with van der Waals surface area (Å²) >= 11 is 2.77. The Morgan fingerprint density at radius 1 is 1.37 bits per heavy atom. The van der Waals surface area contributed by atoms with Crippen LogP contribution in [-0.4, -0.2) is 31.1 Å². The molecule has 0 N–H and O–H groups in total. The highest BCUT2D eigenvalue weighted by Gasteiger charge is 2.21. The topological polar surface area (TPSA) is 76.8 Å². The van der Waals surface area contributed by atoms with Crippen molar-refractivity contribution in [3.05, 3.63) is 41.2 Å². The van der Waals surface area contributed by atoms with Crippen molar-refractivity contribution in [3.63, 3.8) is 0 Å². The highest BCUT2D eigenvalue weighted by Crippen LogP contribution is 2.32. The van der Waals surface area contributed by atoms with Crippen LogP contribution in [0, 0.1) is 11.7 Å². The van der Waals surface area contributed by atoms with Crippen LogP contribution in [0.5, 0.6) is 0 Å². The van der Waals surface area contributed by atoms with Gasteiger partial charge in [0.2, 0.25) is 11.1 Å². The van der Waals surface area contributed by atoms with Gasteiger partial charge in [-0.3, -0.25) is 9.69 Å². The van der Waals surface area contributed by atoms with Gasteiger partial charge in [-0.25, -0.2) is 14.1 Å². The third-order valence-electron chi connectivity index (χ3n) is 3.53. The van der Waals surface area contributed by atoms with Gasteiger partial charge in [0.25, 0.3) is 0 Å². The predicted octanol–water partition coefficient (Wildman–Crippen LogP) is 3.90. The first-order valence-electron chi connectivity index (χ1n) is 8.34. The summed E-state index contributed by atoms with van der Waals surface area (Å²) in [5.74, 6) is 0.225. The van der Waals surface area contributed by atoms with Crippen molar-refractivity contribution >= 4 is 39.8 Å². The van der Waals surface area contributed by atoms with E-state index < -0.39 is 5.82 Å². The number of carbonyl (C=O) groups excluding carboxylic acids is 1. The molecule has 27 heavy (non-hydrogen) atoms. The minimum absolute atomic E-state index is 0.194. The number of nitrogens with zero attached hydrogens (tertiary/aromatic N) is 6. The molecule has 0 fully saturated rings. The molecule has 0 aliphatic rings. The van der Waals surface area contributed by atoms with Crippen molar-refractivity contribution in [1.82, 2.24) is 25.2 Å². The van der Waals surface area contributed by atoms with E-state index in [-0.39, 0.29) is 11.6 Å². The number of anilines is 2. The summed E-state index contributed by atoms with van der Waals surface area (Å²) in [6.07, 6.45) is 0. The lowest BCUT2D eigenvalue weighted by Crippen LogP contribution is -2.23. The van der Waals surface area contributed by atoms with Gasteiger partial charge in [-0.1, -0.05) is 37.7 Å². The molecule has 0 aliphatic heterocycles. The maximum absolute atomic E-state index is 14.1. The quantitative estimate of drug-likeness (QED) is 0.554. The fourth-order valence-corrected chi connectivity index (χ4v) is 4.17. The van der Waals surface area contributed by atoms with Crippen LogP contribution in [0.2, 0.25) is 0 Å². The third kappa shape index (κ3) is 4.69. The van der Waals surface area contributed by atoms with Gasteiger partial charge in [-0.2, -0.15) is 0 Å². The van der Waals surface area contributed by atoms with Crippen molar-refractivity contribution in [1.29, 1.82) is 0 Å². The largest absolute Gasteiger partial charge is 0.274 e. The van der Waals surface area contributed by atoms with Gasteiger partial charge in [0.15, 0.2) is 5.13 Å². The molecule has 0 bridgehead atoms. The number of thioether (sulfide) groups is 1. The average molecular weight is 407 g/mol. The van der Waals surface area contributed by atoms with Crippen molar-refractivity contribution < 1.29 is 9.18 Å². The van der Waals surface area contributed by atoms with Crippen molar-refractivity contribution in [2.45, 2.75) is 38.2 Å². The number of thiazole rings is 1. The molecule has 1 aromatic carbocycles. The SMILES string of the molecule is CC(=O)N(c1nc(CSc2nnnn2CC(C)C)cs1)c1ccccc1F. The van der Waals surface area contributed by atoms with Crippen LogP contribution in [0.1, 0.15) is 26.5 Å². The first-order valence-corrected chi connectivity index (χ1v) is 10.2. The van der Waals surface area contributed by atoms with Crippen LogP contribution in [0.3, 0.4) is 0 Å². The summed E-state index contributed by atoms with van der Waals surface area (Å²) in [4.78, 5) is 17.9. The van der Waals surface area contributed by atoms with Crippen LogP contribution >= 0.6 is 23.1 Å². The number of hydrogen-bond acceptors (Lipinski definition) is 7. The van der Waals surface area contributed by atoms with Crippen LogP contribution in [0.25, 0.3) is 0 Å². The number of carbonyl (C=O) groups is 1. The lowest BCUT2D eigenvalue weighted by Gasteiger charge is -2.18. The number of para-hydroxylation sites is 1. The molecule has 3 aromatic rings. The molecule has 10 heteroatoms. The van der Waals surface area contributed by atoms with Crippen LogP contribution < -0.4 is 4.90 Å². The van der Waals surface area contributed by atoms with E-state index in [0.717, 1.165) is 17.4 Å². The Morgan fingerprint density at radius 3 is 2.85 bits per heavy atom. The van der Waals surface area contributed by atoms with E-state index in [4.69, 9.17) is 0 Å². The molecule has 0 atom stereocenters. The predicted molar refractivity (Wildman–Crippen MR) is 104 cm³/mol. The molecule has 0 unspecified atom stereocenters. The number of hydrogen-bond donors (Lipinski definition) is 0. The fourth-order valence-electron chi connectivity index (χ4n) is 2.40. The Bertz CT molecular complexity index is 926. The highest BCUT2D eigenvalue weighted by molar-refractivity contribution is 7.98. The van der Waals surface area contributed by atoms with E-state index in [0.29, 0.717) is 16.8 Å². The Kier molecular flexibility index (Phi) is 6.17. The molecule has 0 saturated heterocycles. The molecule has 0 radical (unpaired) electrons. The summed E-state index contributed by atoms with van der Waals surface area (Å²) < 4.78 is 15.9. The van der Waals surface area contributed by atoms with Crippen molar-refractivity contribution in [2.75, 3.05) is 4.90 Å². The smallest absolute Gasteiger partial charge is 0.230 e. The minimum atomic E-state index is -0.466. The number of rotatable bonds is 7. The Hall–Kier alpha value is -2.33. The molecule has 2 aromatic heterocycles. The number of halogens is 1. The van der Waals surface area contributed by atoms with Gasteiger partial charge in [0.05, 0.1) is 11.4 Å². The molecular formula is C17H19FN6OS2. The number of benzene rings is 1. The van der Waals surface area contributed by atoms with E-state index in [2.05, 4.69) is 34.4 Å². The van der Waals surface area contributed by atoms with Crippen molar-refractivity contribution in [3.8, 4) is 0 Å². The zero-order chi connectivity index (χ0) is 19.4. The summed E-state index contributed by atoms with van der Waals surface area (Å²) in [6.45, 7) is 6.33. The third-order valence-corrected chi connectivity index (χ3v) is 5.39. The molecule has 0 saturated carbocycles. The zero-order valence-electron chi connectivity index (χ0n) is 15.2. The first-order chi connectivity index (χ1) is 13.0. The fraction of sp³-hybridized carbons (Fsp3) is 0.353. The molecular weight excluding hydrogens is 387 g/mol. The Balaban J connectivity index is 1.75. The molecule has 1 amide bonds. The summed E-state index contributed by atoms with van der Waals surface area (Å²) in [5.41, 5.74) is 0.973. The highest BCUT2D eigenvalue weighted by atomic mass is 32.2. The van der Waals surface area contributed by atoms with Crippen LogP contribution in [-0.2, 0) is 17.1 Å². The summed E-state index contributed by atoms with van der Waals surface area (Å²) in [7, 11) is 0. The van der Waals surface area contributed by atoms with E-state index in [1.165, 1.54) is 41.0 Å². The van der Waals surface area contributed by atoms with Crippen LogP contribution in [0.15, 0.2) is 34.8 Å². The molecule has 142 valence electrons. The van der Waals surface area contributed by atoms with Gasteiger partial charge in [0, 0.05) is 24.6 Å². The molecule has 3 rings (SSSR count). The second kappa shape index (κ2) is 8.57. The number of amides is 1. The maximum atomic E-state index is 14.1. The van der Waals surface area contributed by atoms with Crippen LogP contribution in [0.4, 0.5) is 15.2 Å². The molecule has 0 spiro atoms. The van der Waals surface area contributed by atoms with E-state index >= 15 is 0 Å². The summed E-state index contributed by atoms with van der Waals surface area (Å²) in [6, 6.07) is 6.16. The molecule has 0 aliphatic carbocycles. The molecule has 2 heterocycles. The first kappa shape index (κ1) is 19.4. The van der Waals surface area contributed by atoms with E-state index in [1.54, 1.807) is 22.9 Å². The van der Waals surface area contributed by atoms with Gasteiger partial charge in [-0.05, 0) is 28.5 Å². The van der Waals surface area contributed by atoms with Gasteiger partial charge < -0.3 is 0 Å². The standard InChI is InChI=1S/C17H19FN6OS2/c1-11(2)8-23-17(20-21-22-23)27-10-13-9-26-16(19-13)24(12(3)25)15-7-5-4-6-14(15)18/h4-7,9,11H,8,10H2,1-3H3. The van der Waals surface area contributed by atoms with Gasteiger partial charge >= 0.3 is 0 Å².